The molecule has 1 aliphatic heterocycles. The summed E-state index contributed by atoms with van der Waals surface area (Å²) < 4.78 is 11.2. The Hall–Kier alpha value is -1.44. The number of carboxylic acids is 1. The van der Waals surface area contributed by atoms with Gasteiger partial charge in [0.25, 0.3) is 0 Å². The lowest BCUT2D eigenvalue weighted by Gasteiger charge is -2.33. The molecule has 1 aliphatic carbocycles. The van der Waals surface area contributed by atoms with Gasteiger partial charge in [0.1, 0.15) is 12.2 Å². The van der Waals surface area contributed by atoms with Gasteiger partial charge in [-0.25, -0.2) is 4.79 Å². The van der Waals surface area contributed by atoms with Gasteiger partial charge in [-0.2, -0.15) is 0 Å². The lowest BCUT2D eigenvalue weighted by molar-refractivity contribution is -0.150. The molecule has 19 heavy (non-hydrogen) atoms. The van der Waals surface area contributed by atoms with E-state index in [4.69, 9.17) is 14.6 Å². The number of carbonyl (C=O) groups is 2. The number of aliphatic hydroxyl groups excluding tert-OH is 1. The lowest BCUT2D eigenvalue weighted by Crippen LogP contribution is -2.56. The predicted octanol–water partition coefficient (Wildman–Crippen LogP) is -0.603. The Morgan fingerprint density at radius 3 is 2.53 bits per heavy atom. The molecule has 0 aromatic rings. The first-order chi connectivity index (χ1) is 8.71. The van der Waals surface area contributed by atoms with Crippen LogP contribution in [-0.4, -0.2) is 52.2 Å². The summed E-state index contributed by atoms with van der Waals surface area (Å²) in [4.78, 5) is 22.3. The zero-order valence-corrected chi connectivity index (χ0v) is 10.9. The molecule has 1 amide bonds. The second-order valence-corrected chi connectivity index (χ2v) is 5.16. The van der Waals surface area contributed by atoms with Crippen molar-refractivity contribution < 1.29 is 29.3 Å². The Labute approximate surface area is 110 Å². The van der Waals surface area contributed by atoms with Crippen LogP contribution in [0.15, 0.2) is 11.6 Å². The maximum absolute atomic E-state index is 11.2. The highest BCUT2D eigenvalue weighted by Crippen LogP contribution is 2.37. The molecule has 1 heterocycles. The Bertz CT molecular complexity index is 444. The lowest BCUT2D eigenvalue weighted by atomic mass is 9.87. The molecule has 1 fully saturated rings. The van der Waals surface area contributed by atoms with Crippen molar-refractivity contribution in [3.8, 4) is 0 Å². The number of aliphatic hydroxyl groups is 1. The van der Waals surface area contributed by atoms with Crippen molar-refractivity contribution in [2.24, 2.45) is 0 Å². The number of fused-ring (bicyclic) bond motifs is 1. The maximum Gasteiger partial charge on any atom is 0.334 e. The molecule has 0 saturated carbocycles. The van der Waals surface area contributed by atoms with Gasteiger partial charge in [-0.3, -0.25) is 4.79 Å². The second kappa shape index (κ2) is 4.59. The predicted molar refractivity (Wildman–Crippen MR) is 63.2 cm³/mol. The highest BCUT2D eigenvalue weighted by molar-refractivity contribution is 5.88. The number of hydrogen-bond donors (Lipinski definition) is 3. The van der Waals surface area contributed by atoms with Gasteiger partial charge in [0.05, 0.1) is 17.7 Å². The number of aliphatic carboxylic acids is 1. The first kappa shape index (κ1) is 14.0. The molecule has 1 unspecified atom stereocenters. The number of nitrogens with one attached hydrogen (secondary N) is 1. The molecule has 0 bridgehead atoms. The first-order valence-electron chi connectivity index (χ1n) is 5.97. The van der Waals surface area contributed by atoms with E-state index in [9.17, 15) is 14.7 Å². The summed E-state index contributed by atoms with van der Waals surface area (Å²) in [5, 5.41) is 21.7. The highest BCUT2D eigenvalue weighted by atomic mass is 16.8. The molecule has 7 nitrogen and oxygen atoms in total. The van der Waals surface area contributed by atoms with E-state index in [2.05, 4.69) is 5.32 Å². The molecule has 3 N–H and O–H groups in total. The zero-order chi connectivity index (χ0) is 14.4. The van der Waals surface area contributed by atoms with Gasteiger partial charge in [-0.1, -0.05) is 0 Å². The van der Waals surface area contributed by atoms with Gasteiger partial charge in [0, 0.05) is 6.92 Å². The fraction of sp³-hybridized carbons (Fsp3) is 0.667. The summed E-state index contributed by atoms with van der Waals surface area (Å²) in [5.74, 6) is -2.47. The third-order valence-electron chi connectivity index (χ3n) is 3.12. The van der Waals surface area contributed by atoms with Gasteiger partial charge in [-0.05, 0) is 19.9 Å². The molecule has 0 aromatic carbocycles. The summed E-state index contributed by atoms with van der Waals surface area (Å²) in [6, 6.07) is -0.729. The number of hydrogen-bond acceptors (Lipinski definition) is 5. The van der Waals surface area contributed by atoms with E-state index >= 15 is 0 Å². The fourth-order valence-electron chi connectivity index (χ4n) is 2.46. The molecule has 1 saturated heterocycles. The molecular formula is C12H17NO6. The minimum Gasteiger partial charge on any atom is -0.478 e. The summed E-state index contributed by atoms with van der Waals surface area (Å²) in [6.07, 6.45) is -1.49. The van der Waals surface area contributed by atoms with Crippen molar-refractivity contribution in [1.29, 1.82) is 0 Å². The van der Waals surface area contributed by atoms with E-state index in [0.717, 1.165) is 0 Å². The molecule has 7 heteroatoms. The molecule has 4 atom stereocenters. The van der Waals surface area contributed by atoms with Crippen molar-refractivity contribution in [3.05, 3.63) is 11.6 Å². The van der Waals surface area contributed by atoms with Crippen LogP contribution in [0.5, 0.6) is 0 Å². The topological polar surface area (TPSA) is 105 Å². The minimum absolute atomic E-state index is 0.0512. The van der Waals surface area contributed by atoms with Crippen molar-refractivity contribution in [1.82, 2.24) is 5.32 Å². The van der Waals surface area contributed by atoms with Crippen LogP contribution >= 0.6 is 0 Å². The molecule has 0 spiro atoms. The van der Waals surface area contributed by atoms with Crippen LogP contribution in [-0.2, 0) is 19.1 Å². The number of amides is 1. The van der Waals surface area contributed by atoms with Crippen molar-refractivity contribution in [3.63, 3.8) is 0 Å². The Morgan fingerprint density at radius 2 is 2.00 bits per heavy atom. The van der Waals surface area contributed by atoms with Crippen LogP contribution in [0.2, 0.25) is 0 Å². The van der Waals surface area contributed by atoms with Crippen LogP contribution in [0.4, 0.5) is 0 Å². The van der Waals surface area contributed by atoms with Crippen molar-refractivity contribution in [2.45, 2.75) is 50.9 Å². The van der Waals surface area contributed by atoms with E-state index in [1.165, 1.54) is 13.0 Å². The Kier molecular flexibility index (Phi) is 3.38. The van der Waals surface area contributed by atoms with Gasteiger partial charge < -0.3 is 25.0 Å². The molecular weight excluding hydrogens is 254 g/mol. The molecule has 0 aromatic heterocycles. The number of rotatable bonds is 2. The van der Waals surface area contributed by atoms with E-state index in [0.29, 0.717) is 0 Å². The summed E-state index contributed by atoms with van der Waals surface area (Å²) in [6.45, 7) is 4.63. The average molecular weight is 271 g/mol. The normalized spacial score (nSPS) is 36.3. The molecule has 0 radical (unpaired) electrons. The quantitative estimate of drug-likeness (QED) is 0.619. The van der Waals surface area contributed by atoms with Crippen molar-refractivity contribution in [2.75, 3.05) is 0 Å². The number of ether oxygens (including phenoxy) is 2. The van der Waals surface area contributed by atoms with Gasteiger partial charge in [0.2, 0.25) is 5.91 Å². The Morgan fingerprint density at radius 1 is 1.37 bits per heavy atom. The van der Waals surface area contributed by atoms with Crippen LogP contribution < -0.4 is 5.32 Å². The SMILES string of the molecule is CC(=O)N[C@@H]1[C@H](O)C=C(C(=O)O)C2OC(C)(C)O[C@H]21. The third kappa shape index (κ3) is 2.63. The van der Waals surface area contributed by atoms with E-state index in [1.54, 1.807) is 13.8 Å². The zero-order valence-electron chi connectivity index (χ0n) is 10.9. The molecule has 2 rings (SSSR count). The van der Waals surface area contributed by atoms with E-state index < -0.39 is 36.1 Å². The summed E-state index contributed by atoms with van der Waals surface area (Å²) >= 11 is 0. The highest BCUT2D eigenvalue weighted by Gasteiger charge is 2.52. The van der Waals surface area contributed by atoms with Crippen LogP contribution in [0.1, 0.15) is 20.8 Å². The third-order valence-corrected chi connectivity index (χ3v) is 3.12. The second-order valence-electron chi connectivity index (χ2n) is 5.16. The van der Waals surface area contributed by atoms with Gasteiger partial charge in [0.15, 0.2) is 5.79 Å². The van der Waals surface area contributed by atoms with Crippen LogP contribution in [0.25, 0.3) is 0 Å². The monoisotopic (exact) mass is 271 g/mol. The van der Waals surface area contributed by atoms with Crippen molar-refractivity contribution >= 4 is 11.9 Å². The molecule has 2 aliphatic rings. The maximum atomic E-state index is 11.2. The van der Waals surface area contributed by atoms with Gasteiger partial charge in [-0.15, -0.1) is 0 Å². The average Bonchev–Trinajstić information content (AvgIpc) is 2.56. The number of carbonyl (C=O) groups excluding carboxylic acids is 1. The van der Waals surface area contributed by atoms with Crippen LogP contribution in [0.3, 0.4) is 0 Å². The van der Waals surface area contributed by atoms with E-state index in [1.807, 2.05) is 0 Å². The van der Waals surface area contributed by atoms with Gasteiger partial charge >= 0.3 is 5.97 Å². The minimum atomic E-state index is -1.17. The summed E-state index contributed by atoms with van der Waals surface area (Å²) in [5.41, 5.74) is -0.0512. The standard InChI is InChI=1S/C12H17NO6/c1-5(14)13-8-7(15)4-6(11(16)17)9-10(8)19-12(2,3)18-9/h4,7-10,15H,1-3H3,(H,13,14)(H,16,17)/t7-,8-,9?,10+/m1/s1. The smallest absolute Gasteiger partial charge is 0.334 e. The first-order valence-corrected chi connectivity index (χ1v) is 5.97. The largest absolute Gasteiger partial charge is 0.478 e. The Balaban J connectivity index is 2.35. The number of carboxylic acid groups (broad SMARTS) is 1. The van der Waals surface area contributed by atoms with E-state index in [-0.39, 0.29) is 11.5 Å². The summed E-state index contributed by atoms with van der Waals surface area (Å²) in [7, 11) is 0. The fourth-order valence-corrected chi connectivity index (χ4v) is 2.46. The van der Waals surface area contributed by atoms with Crippen LogP contribution in [0, 0.1) is 0 Å². The molecule has 106 valence electrons.